The van der Waals surface area contributed by atoms with Gasteiger partial charge in [0.15, 0.2) is 0 Å². The second kappa shape index (κ2) is 2.73. The van der Waals surface area contributed by atoms with E-state index in [1.807, 2.05) is 6.92 Å². The van der Waals surface area contributed by atoms with Crippen LogP contribution in [0.15, 0.2) is 10.6 Å². The molecule has 64 valence electrons. The van der Waals surface area contributed by atoms with Crippen LogP contribution in [0.25, 0.3) is 0 Å². The minimum absolute atomic E-state index is 0.0121. The average Bonchev–Trinajstić information content (AvgIpc) is 2.83. The summed E-state index contributed by atoms with van der Waals surface area (Å²) in [5.41, 5.74) is 0. The average molecular weight is 165 g/mol. The van der Waals surface area contributed by atoms with Gasteiger partial charge in [0.05, 0.1) is 6.20 Å². The minimum atomic E-state index is -0.0121. The summed E-state index contributed by atoms with van der Waals surface area (Å²) in [5.74, 6) is 1.68. The van der Waals surface area contributed by atoms with Crippen LogP contribution in [0.4, 0.5) is 0 Å². The Balaban J connectivity index is 2.17. The van der Waals surface area contributed by atoms with E-state index in [1.165, 1.54) is 12.8 Å². The van der Waals surface area contributed by atoms with E-state index in [1.54, 1.807) is 6.20 Å². The van der Waals surface area contributed by atoms with Crippen LogP contribution in [-0.2, 0) is 0 Å². The lowest BCUT2D eigenvalue weighted by Gasteiger charge is -1.88. The van der Waals surface area contributed by atoms with E-state index in [-0.39, 0.29) is 11.7 Å². The number of hydrogen-bond donors (Lipinski definition) is 0. The van der Waals surface area contributed by atoms with Crippen molar-refractivity contribution in [2.75, 3.05) is 0 Å². The SMILES string of the molecule is CCC(=O)c1ncc(C2CC2)o1. The van der Waals surface area contributed by atoms with Crippen molar-refractivity contribution in [1.29, 1.82) is 0 Å². The van der Waals surface area contributed by atoms with Gasteiger partial charge in [0.1, 0.15) is 5.76 Å². The van der Waals surface area contributed by atoms with Crippen LogP contribution in [0.3, 0.4) is 0 Å². The second-order valence-electron chi connectivity index (χ2n) is 3.12. The molecule has 1 fully saturated rings. The number of carbonyl (C=O) groups is 1. The Bertz CT molecular complexity index is 299. The maximum absolute atomic E-state index is 11.1. The van der Waals surface area contributed by atoms with Gasteiger partial charge in [-0.1, -0.05) is 6.92 Å². The molecular formula is C9H11NO2. The highest BCUT2D eigenvalue weighted by atomic mass is 16.4. The zero-order valence-electron chi connectivity index (χ0n) is 7.04. The van der Waals surface area contributed by atoms with Crippen molar-refractivity contribution >= 4 is 5.78 Å². The van der Waals surface area contributed by atoms with Gasteiger partial charge in [0.25, 0.3) is 5.89 Å². The topological polar surface area (TPSA) is 43.1 Å². The van der Waals surface area contributed by atoms with Gasteiger partial charge < -0.3 is 4.42 Å². The molecule has 0 unspecified atom stereocenters. The van der Waals surface area contributed by atoms with Crippen molar-refractivity contribution in [2.45, 2.75) is 32.1 Å². The first-order valence-electron chi connectivity index (χ1n) is 4.30. The Kier molecular flexibility index (Phi) is 1.71. The number of nitrogens with zero attached hydrogens (tertiary/aromatic N) is 1. The van der Waals surface area contributed by atoms with Crippen molar-refractivity contribution in [2.24, 2.45) is 0 Å². The standard InChI is InChI=1S/C9H11NO2/c1-2-7(11)9-10-5-8(12-9)6-3-4-6/h5-6H,2-4H2,1H3. The number of rotatable bonds is 3. The number of oxazole rings is 1. The van der Waals surface area contributed by atoms with Crippen LogP contribution < -0.4 is 0 Å². The summed E-state index contributed by atoms with van der Waals surface area (Å²) < 4.78 is 5.30. The van der Waals surface area contributed by atoms with Crippen LogP contribution in [0, 0.1) is 0 Å². The molecule has 1 aliphatic rings. The molecule has 0 amide bonds. The van der Waals surface area contributed by atoms with Gasteiger partial charge in [-0.15, -0.1) is 0 Å². The summed E-state index contributed by atoms with van der Waals surface area (Å²) in [7, 11) is 0. The Morgan fingerprint density at radius 1 is 1.75 bits per heavy atom. The number of aromatic nitrogens is 1. The van der Waals surface area contributed by atoms with Gasteiger partial charge in [0, 0.05) is 12.3 Å². The Hall–Kier alpha value is -1.12. The van der Waals surface area contributed by atoms with E-state index in [2.05, 4.69) is 4.98 Å². The molecule has 1 aliphatic carbocycles. The van der Waals surface area contributed by atoms with Crippen LogP contribution in [0.2, 0.25) is 0 Å². The molecule has 0 N–H and O–H groups in total. The predicted octanol–water partition coefficient (Wildman–Crippen LogP) is 2.14. The first-order chi connectivity index (χ1) is 5.81. The molecule has 3 nitrogen and oxygen atoms in total. The fourth-order valence-electron chi connectivity index (χ4n) is 1.12. The first-order valence-corrected chi connectivity index (χ1v) is 4.30. The van der Waals surface area contributed by atoms with E-state index in [0.29, 0.717) is 12.3 Å². The molecule has 0 aliphatic heterocycles. The van der Waals surface area contributed by atoms with Crippen molar-refractivity contribution < 1.29 is 9.21 Å². The molecule has 0 spiro atoms. The third-order valence-corrected chi connectivity index (χ3v) is 2.06. The van der Waals surface area contributed by atoms with Crippen molar-refractivity contribution in [3.8, 4) is 0 Å². The predicted molar refractivity (Wildman–Crippen MR) is 43.1 cm³/mol. The number of Topliss-reactive ketones (excluding diaryl/α,β-unsaturated/α-hetero) is 1. The lowest BCUT2D eigenvalue weighted by atomic mass is 10.3. The molecule has 1 heterocycles. The zero-order chi connectivity index (χ0) is 8.55. The second-order valence-corrected chi connectivity index (χ2v) is 3.12. The fraction of sp³-hybridized carbons (Fsp3) is 0.556. The van der Waals surface area contributed by atoms with Gasteiger partial charge >= 0.3 is 0 Å². The smallest absolute Gasteiger partial charge is 0.263 e. The molecule has 0 aromatic carbocycles. The van der Waals surface area contributed by atoms with Gasteiger partial charge in [-0.25, -0.2) is 4.98 Å². The fourth-order valence-corrected chi connectivity index (χ4v) is 1.12. The molecule has 1 saturated carbocycles. The summed E-state index contributed by atoms with van der Waals surface area (Å²) >= 11 is 0. The first kappa shape index (κ1) is 7.53. The summed E-state index contributed by atoms with van der Waals surface area (Å²) in [6.07, 6.45) is 4.50. The molecule has 0 bridgehead atoms. The third-order valence-electron chi connectivity index (χ3n) is 2.06. The van der Waals surface area contributed by atoms with Crippen LogP contribution in [0.1, 0.15) is 48.5 Å². The summed E-state index contributed by atoms with van der Waals surface area (Å²) in [5, 5.41) is 0. The van der Waals surface area contributed by atoms with Crippen LogP contribution >= 0.6 is 0 Å². The van der Waals surface area contributed by atoms with Gasteiger partial charge in [0.2, 0.25) is 5.78 Å². The van der Waals surface area contributed by atoms with Gasteiger partial charge in [-0.05, 0) is 12.8 Å². The third kappa shape index (κ3) is 1.26. The molecule has 3 heteroatoms. The summed E-state index contributed by atoms with van der Waals surface area (Å²) in [6.45, 7) is 1.81. The van der Waals surface area contributed by atoms with E-state index >= 15 is 0 Å². The summed E-state index contributed by atoms with van der Waals surface area (Å²) in [4.78, 5) is 15.0. The lowest BCUT2D eigenvalue weighted by Crippen LogP contribution is -1.95. The van der Waals surface area contributed by atoms with Gasteiger partial charge in [-0.3, -0.25) is 4.79 Å². The van der Waals surface area contributed by atoms with Crippen LogP contribution in [0.5, 0.6) is 0 Å². The van der Waals surface area contributed by atoms with E-state index in [4.69, 9.17) is 4.42 Å². The maximum atomic E-state index is 11.1. The molecule has 1 aromatic rings. The number of ketones is 1. The highest BCUT2D eigenvalue weighted by Gasteiger charge is 2.28. The molecule has 0 atom stereocenters. The molecule has 12 heavy (non-hydrogen) atoms. The highest BCUT2D eigenvalue weighted by Crippen LogP contribution is 2.40. The van der Waals surface area contributed by atoms with Crippen molar-refractivity contribution in [1.82, 2.24) is 4.98 Å². The van der Waals surface area contributed by atoms with Gasteiger partial charge in [-0.2, -0.15) is 0 Å². The Labute approximate surface area is 70.8 Å². The molecular weight excluding hydrogens is 154 g/mol. The molecule has 0 radical (unpaired) electrons. The monoisotopic (exact) mass is 165 g/mol. The maximum Gasteiger partial charge on any atom is 0.263 e. The molecule has 1 aromatic heterocycles. The number of hydrogen-bond acceptors (Lipinski definition) is 3. The van der Waals surface area contributed by atoms with Crippen molar-refractivity contribution in [3.05, 3.63) is 17.8 Å². The molecule has 2 rings (SSSR count). The quantitative estimate of drug-likeness (QED) is 0.644. The van der Waals surface area contributed by atoms with Crippen molar-refractivity contribution in [3.63, 3.8) is 0 Å². The minimum Gasteiger partial charge on any atom is -0.439 e. The van der Waals surface area contributed by atoms with E-state index in [0.717, 1.165) is 5.76 Å². The Morgan fingerprint density at radius 2 is 2.50 bits per heavy atom. The largest absolute Gasteiger partial charge is 0.439 e. The highest BCUT2D eigenvalue weighted by molar-refractivity contribution is 5.91. The normalized spacial score (nSPS) is 16.4. The Morgan fingerprint density at radius 3 is 3.08 bits per heavy atom. The van der Waals surface area contributed by atoms with Crippen LogP contribution in [-0.4, -0.2) is 10.8 Å². The van der Waals surface area contributed by atoms with E-state index < -0.39 is 0 Å². The van der Waals surface area contributed by atoms with E-state index in [9.17, 15) is 4.79 Å². The molecule has 0 saturated heterocycles. The zero-order valence-corrected chi connectivity index (χ0v) is 7.04. The number of carbonyl (C=O) groups excluding carboxylic acids is 1. The summed E-state index contributed by atoms with van der Waals surface area (Å²) in [6, 6.07) is 0. The lowest BCUT2D eigenvalue weighted by molar-refractivity contribution is 0.0953.